The van der Waals surface area contributed by atoms with E-state index in [1.807, 2.05) is 13.8 Å². The van der Waals surface area contributed by atoms with Crippen molar-refractivity contribution in [3.8, 4) is 0 Å². The molecule has 0 aliphatic carbocycles. The molecule has 14 heavy (non-hydrogen) atoms. The van der Waals surface area contributed by atoms with Gasteiger partial charge in [0.05, 0.1) is 0 Å². The number of rotatable bonds is 4. The van der Waals surface area contributed by atoms with E-state index in [-0.39, 0.29) is 12.6 Å². The van der Waals surface area contributed by atoms with E-state index >= 15 is 0 Å². The summed E-state index contributed by atoms with van der Waals surface area (Å²) in [5, 5.41) is 12.8. The molecule has 1 heterocycles. The molecule has 1 unspecified atom stereocenters. The number of hydrogen-bond donors (Lipinski definition) is 2. The van der Waals surface area contributed by atoms with Crippen LogP contribution in [0.2, 0.25) is 0 Å². The minimum absolute atomic E-state index is 0.0285. The Kier molecular flexibility index (Phi) is 3.19. The molecule has 0 radical (unpaired) electrons. The minimum atomic E-state index is -0.970. The SMILES string of the molecule is CC(C)n1ncnc1C(CN)C(=O)O. The number of hydrogen-bond acceptors (Lipinski definition) is 4. The van der Waals surface area contributed by atoms with Crippen LogP contribution in [0.15, 0.2) is 6.33 Å². The molecular formula is C8H14N4O2. The number of nitrogens with zero attached hydrogens (tertiary/aromatic N) is 3. The molecule has 3 N–H and O–H groups in total. The van der Waals surface area contributed by atoms with E-state index in [0.717, 1.165) is 0 Å². The maximum absolute atomic E-state index is 10.8. The van der Waals surface area contributed by atoms with Gasteiger partial charge in [0.15, 0.2) is 0 Å². The van der Waals surface area contributed by atoms with Crippen molar-refractivity contribution >= 4 is 5.97 Å². The first kappa shape index (κ1) is 10.6. The number of carboxylic acids is 1. The Morgan fingerprint density at radius 3 is 2.79 bits per heavy atom. The predicted molar refractivity (Wildman–Crippen MR) is 49.8 cm³/mol. The van der Waals surface area contributed by atoms with Crippen LogP contribution in [-0.2, 0) is 4.79 Å². The van der Waals surface area contributed by atoms with Crippen LogP contribution in [0.1, 0.15) is 31.6 Å². The fourth-order valence-corrected chi connectivity index (χ4v) is 1.22. The third-order valence-corrected chi connectivity index (χ3v) is 1.94. The van der Waals surface area contributed by atoms with Gasteiger partial charge >= 0.3 is 5.97 Å². The van der Waals surface area contributed by atoms with E-state index in [1.54, 1.807) is 4.68 Å². The van der Waals surface area contributed by atoms with Gasteiger partial charge in [0.2, 0.25) is 0 Å². The van der Waals surface area contributed by atoms with E-state index < -0.39 is 11.9 Å². The quantitative estimate of drug-likeness (QED) is 0.709. The highest BCUT2D eigenvalue weighted by atomic mass is 16.4. The summed E-state index contributed by atoms with van der Waals surface area (Å²) >= 11 is 0. The summed E-state index contributed by atoms with van der Waals surface area (Å²) in [6.07, 6.45) is 1.35. The van der Waals surface area contributed by atoms with Crippen molar-refractivity contribution in [3.05, 3.63) is 12.2 Å². The van der Waals surface area contributed by atoms with E-state index in [9.17, 15) is 4.79 Å². The molecule has 0 bridgehead atoms. The Balaban J connectivity index is 3.03. The Morgan fingerprint density at radius 1 is 1.71 bits per heavy atom. The van der Waals surface area contributed by atoms with Crippen LogP contribution in [0.5, 0.6) is 0 Å². The van der Waals surface area contributed by atoms with Crippen LogP contribution in [0.25, 0.3) is 0 Å². The van der Waals surface area contributed by atoms with Gasteiger partial charge in [-0.05, 0) is 13.8 Å². The topological polar surface area (TPSA) is 94.0 Å². The molecule has 0 saturated heterocycles. The molecule has 1 atom stereocenters. The summed E-state index contributed by atoms with van der Waals surface area (Å²) in [6, 6.07) is 0.0842. The van der Waals surface area contributed by atoms with Crippen molar-refractivity contribution in [1.29, 1.82) is 0 Å². The average Bonchev–Trinajstić information content (AvgIpc) is 2.53. The van der Waals surface area contributed by atoms with Crippen LogP contribution in [0.3, 0.4) is 0 Å². The van der Waals surface area contributed by atoms with Crippen molar-refractivity contribution in [1.82, 2.24) is 14.8 Å². The lowest BCUT2D eigenvalue weighted by atomic mass is 10.1. The molecule has 1 rings (SSSR count). The molecule has 0 saturated carbocycles. The molecular weight excluding hydrogens is 184 g/mol. The summed E-state index contributed by atoms with van der Waals surface area (Å²) in [6.45, 7) is 3.85. The number of carboxylic acid groups (broad SMARTS) is 1. The second-order valence-electron chi connectivity index (χ2n) is 3.28. The number of nitrogens with two attached hydrogens (primary N) is 1. The second-order valence-corrected chi connectivity index (χ2v) is 3.28. The third kappa shape index (κ3) is 1.90. The van der Waals surface area contributed by atoms with Crippen molar-refractivity contribution in [2.75, 3.05) is 6.54 Å². The van der Waals surface area contributed by atoms with E-state index in [1.165, 1.54) is 6.33 Å². The lowest BCUT2D eigenvalue weighted by Gasteiger charge is -2.13. The van der Waals surface area contributed by atoms with Crippen molar-refractivity contribution in [2.24, 2.45) is 5.73 Å². The fraction of sp³-hybridized carbons (Fsp3) is 0.625. The van der Waals surface area contributed by atoms with Crippen LogP contribution >= 0.6 is 0 Å². The highest BCUT2D eigenvalue weighted by molar-refractivity contribution is 5.75. The van der Waals surface area contributed by atoms with E-state index in [2.05, 4.69) is 10.1 Å². The first-order valence-electron chi connectivity index (χ1n) is 4.40. The highest BCUT2D eigenvalue weighted by Gasteiger charge is 2.24. The number of carbonyl (C=O) groups is 1. The second kappa shape index (κ2) is 4.19. The maximum atomic E-state index is 10.8. The van der Waals surface area contributed by atoms with Gasteiger partial charge in [0.1, 0.15) is 18.1 Å². The third-order valence-electron chi connectivity index (χ3n) is 1.94. The Hall–Kier alpha value is -1.43. The molecule has 6 heteroatoms. The molecule has 1 aromatic heterocycles. The Labute approximate surface area is 81.7 Å². The molecule has 0 aliphatic heterocycles. The van der Waals surface area contributed by atoms with Crippen molar-refractivity contribution in [3.63, 3.8) is 0 Å². The van der Waals surface area contributed by atoms with E-state index in [0.29, 0.717) is 5.82 Å². The van der Waals surface area contributed by atoms with Gasteiger partial charge in [0.25, 0.3) is 0 Å². The van der Waals surface area contributed by atoms with Gasteiger partial charge in [0, 0.05) is 12.6 Å². The van der Waals surface area contributed by atoms with Crippen LogP contribution in [0, 0.1) is 0 Å². The maximum Gasteiger partial charge on any atom is 0.315 e. The molecule has 1 aromatic rings. The van der Waals surface area contributed by atoms with Gasteiger partial charge in [-0.1, -0.05) is 0 Å². The first-order chi connectivity index (χ1) is 6.57. The molecule has 78 valence electrons. The van der Waals surface area contributed by atoms with Crippen LogP contribution < -0.4 is 5.73 Å². The predicted octanol–water partition coefficient (Wildman–Crippen LogP) is -0.0141. The van der Waals surface area contributed by atoms with Gasteiger partial charge in [-0.2, -0.15) is 5.10 Å². The molecule has 0 aromatic carbocycles. The van der Waals surface area contributed by atoms with Gasteiger partial charge in [-0.15, -0.1) is 0 Å². The number of aliphatic carboxylic acids is 1. The average molecular weight is 198 g/mol. The lowest BCUT2D eigenvalue weighted by Crippen LogP contribution is -2.25. The Bertz CT molecular complexity index is 321. The van der Waals surface area contributed by atoms with Crippen molar-refractivity contribution < 1.29 is 9.90 Å². The summed E-state index contributed by atoms with van der Waals surface area (Å²) < 4.78 is 1.58. The fourth-order valence-electron chi connectivity index (χ4n) is 1.22. The van der Waals surface area contributed by atoms with Gasteiger partial charge in [-0.25, -0.2) is 9.67 Å². The molecule has 6 nitrogen and oxygen atoms in total. The summed E-state index contributed by atoms with van der Waals surface area (Å²) in [5.74, 6) is -1.34. The summed E-state index contributed by atoms with van der Waals surface area (Å²) in [5.41, 5.74) is 5.37. The zero-order valence-corrected chi connectivity index (χ0v) is 8.21. The van der Waals surface area contributed by atoms with Gasteiger partial charge in [-0.3, -0.25) is 4.79 Å². The minimum Gasteiger partial charge on any atom is -0.481 e. The summed E-state index contributed by atoms with van der Waals surface area (Å²) in [4.78, 5) is 14.8. The smallest absolute Gasteiger partial charge is 0.315 e. The monoisotopic (exact) mass is 198 g/mol. The molecule has 0 aliphatic rings. The Morgan fingerprint density at radius 2 is 2.36 bits per heavy atom. The normalized spacial score (nSPS) is 13.1. The zero-order chi connectivity index (χ0) is 10.7. The molecule has 0 spiro atoms. The summed E-state index contributed by atoms with van der Waals surface area (Å²) in [7, 11) is 0. The van der Waals surface area contributed by atoms with Gasteiger partial charge < -0.3 is 10.8 Å². The molecule has 0 amide bonds. The lowest BCUT2D eigenvalue weighted by molar-refractivity contribution is -0.138. The standard InChI is InChI=1S/C8H14N4O2/c1-5(2)12-7(10-4-11-12)6(3-9)8(13)14/h4-6H,3,9H2,1-2H3,(H,13,14). The highest BCUT2D eigenvalue weighted by Crippen LogP contribution is 2.15. The molecule has 0 fully saturated rings. The van der Waals surface area contributed by atoms with Crippen LogP contribution in [-0.4, -0.2) is 32.4 Å². The van der Waals surface area contributed by atoms with Crippen molar-refractivity contribution in [2.45, 2.75) is 25.8 Å². The van der Waals surface area contributed by atoms with Crippen LogP contribution in [0.4, 0.5) is 0 Å². The van der Waals surface area contributed by atoms with E-state index in [4.69, 9.17) is 10.8 Å². The largest absolute Gasteiger partial charge is 0.481 e. The zero-order valence-electron chi connectivity index (χ0n) is 8.21. The number of aromatic nitrogens is 3. The first-order valence-corrected chi connectivity index (χ1v) is 4.40.